The van der Waals surface area contributed by atoms with Crippen molar-refractivity contribution in [1.29, 1.82) is 0 Å². The van der Waals surface area contributed by atoms with Crippen molar-refractivity contribution in [3.63, 3.8) is 0 Å². The molecule has 58 valence electrons. The third kappa shape index (κ3) is 1.19. The van der Waals surface area contributed by atoms with Crippen LogP contribution in [-0.4, -0.2) is 23.2 Å². The smallest absolute Gasteiger partial charge is 0.133 e. The first-order valence-corrected chi connectivity index (χ1v) is 2.83. The minimum absolute atomic E-state index is 0.749. The first-order chi connectivity index (χ1) is 8.46. The number of ether oxygens (including phenoxy) is 1. The SMILES string of the molecule is [2H]c1nc(C2([2H])C([2H])([2H])OC2([2H])[2H])c([2H])c([2H])c1O. The van der Waals surface area contributed by atoms with Crippen LogP contribution in [0, 0.1) is 0 Å². The molecule has 1 aromatic rings. The number of pyridine rings is 1. The Morgan fingerprint density at radius 3 is 3.36 bits per heavy atom. The number of hydrogen-bond acceptors (Lipinski definition) is 3. The molecular weight excluding hydrogens is 142 g/mol. The predicted molar refractivity (Wildman–Crippen MR) is 39.5 cm³/mol. The van der Waals surface area contributed by atoms with E-state index in [1.165, 1.54) is 0 Å². The third-order valence-electron chi connectivity index (χ3n) is 1.12. The molecule has 11 heavy (non-hydrogen) atoms. The Kier molecular flexibility index (Phi) is 0.502. The Balaban J connectivity index is 2.72. The largest absolute Gasteiger partial charge is 0.506 e. The molecule has 3 nitrogen and oxygen atoms in total. The second-order valence-corrected chi connectivity index (χ2v) is 1.85. The van der Waals surface area contributed by atoms with Gasteiger partial charge in [0.1, 0.15) is 5.75 Å². The average molecular weight is 159 g/mol. The maximum Gasteiger partial charge on any atom is 0.133 e. The zero-order chi connectivity index (χ0) is 14.8. The molecule has 3 heteroatoms. The van der Waals surface area contributed by atoms with Crippen molar-refractivity contribution in [2.75, 3.05) is 13.1 Å². The summed E-state index contributed by atoms with van der Waals surface area (Å²) >= 11 is 0. The third-order valence-corrected chi connectivity index (χ3v) is 1.12. The fourth-order valence-electron chi connectivity index (χ4n) is 0.600. The van der Waals surface area contributed by atoms with Crippen LogP contribution >= 0.6 is 0 Å². The van der Waals surface area contributed by atoms with Gasteiger partial charge in [-0.3, -0.25) is 4.98 Å². The van der Waals surface area contributed by atoms with Crippen molar-refractivity contribution >= 4 is 0 Å². The molecule has 0 atom stereocenters. The van der Waals surface area contributed by atoms with Crippen molar-refractivity contribution in [2.45, 2.75) is 5.89 Å². The van der Waals surface area contributed by atoms with Crippen LogP contribution in [0.3, 0.4) is 0 Å². The van der Waals surface area contributed by atoms with Gasteiger partial charge in [0.2, 0.25) is 0 Å². The summed E-state index contributed by atoms with van der Waals surface area (Å²) in [6.07, 6.45) is -0.818. The molecule has 1 aliphatic rings. The molecule has 0 unspecified atom stereocenters. The Hall–Kier alpha value is -1.09. The number of nitrogens with zero attached hydrogens (tertiary/aromatic N) is 1. The summed E-state index contributed by atoms with van der Waals surface area (Å²) in [5.41, 5.74) is -0.749. The van der Waals surface area contributed by atoms with Crippen LogP contribution in [0.1, 0.15) is 22.6 Å². The van der Waals surface area contributed by atoms with Gasteiger partial charge in [0.05, 0.1) is 28.9 Å². The predicted octanol–water partition coefficient (Wildman–Crippen LogP) is 0.901. The number of aromatic nitrogens is 1. The summed E-state index contributed by atoms with van der Waals surface area (Å²) < 4.78 is 64.2. The first-order valence-electron chi connectivity index (χ1n) is 6.83. The molecular formula is C8H9NO2. The van der Waals surface area contributed by atoms with E-state index in [0.29, 0.717) is 0 Å². The van der Waals surface area contributed by atoms with Crippen molar-refractivity contribution < 1.29 is 20.8 Å². The Morgan fingerprint density at radius 2 is 2.64 bits per heavy atom. The zero-order valence-corrected chi connectivity index (χ0v) is 5.30. The van der Waals surface area contributed by atoms with E-state index in [1.807, 2.05) is 0 Å². The van der Waals surface area contributed by atoms with Gasteiger partial charge < -0.3 is 9.84 Å². The van der Waals surface area contributed by atoms with Gasteiger partial charge in [0.15, 0.2) is 0 Å². The van der Waals surface area contributed by atoms with Gasteiger partial charge in [-0.15, -0.1) is 0 Å². The normalized spacial score (nSPS) is 40.4. The number of rotatable bonds is 1. The van der Waals surface area contributed by atoms with Gasteiger partial charge in [-0.25, -0.2) is 0 Å². The highest BCUT2D eigenvalue weighted by atomic mass is 16.5. The summed E-state index contributed by atoms with van der Waals surface area (Å²) in [7, 11) is 0. The van der Waals surface area contributed by atoms with E-state index in [2.05, 4.69) is 9.72 Å². The fourth-order valence-corrected chi connectivity index (χ4v) is 0.600. The topological polar surface area (TPSA) is 42.4 Å². The number of hydrogen-bond donors (Lipinski definition) is 1. The van der Waals surface area contributed by atoms with Gasteiger partial charge in [-0.1, -0.05) is 0 Å². The zero-order valence-electron chi connectivity index (χ0n) is 13.3. The summed E-state index contributed by atoms with van der Waals surface area (Å²) in [5.74, 6) is -3.56. The lowest BCUT2D eigenvalue weighted by Gasteiger charge is -2.24. The van der Waals surface area contributed by atoms with Gasteiger partial charge in [0, 0.05) is 13.0 Å². The van der Waals surface area contributed by atoms with Gasteiger partial charge in [-0.2, -0.15) is 0 Å². The highest BCUT2D eigenvalue weighted by Crippen LogP contribution is 2.22. The van der Waals surface area contributed by atoms with E-state index >= 15 is 0 Å². The Bertz CT molecular complexity index is 546. The lowest BCUT2D eigenvalue weighted by atomic mass is 10.0. The van der Waals surface area contributed by atoms with Crippen LogP contribution in [0.15, 0.2) is 18.3 Å². The van der Waals surface area contributed by atoms with E-state index in [-0.39, 0.29) is 0 Å². The second-order valence-electron chi connectivity index (χ2n) is 1.85. The molecule has 1 aliphatic heterocycles. The van der Waals surface area contributed by atoms with E-state index in [4.69, 9.17) is 11.0 Å². The second kappa shape index (κ2) is 2.51. The molecule has 2 heterocycles. The molecule has 0 radical (unpaired) electrons. The summed E-state index contributed by atoms with van der Waals surface area (Å²) in [6, 6.07) is -1.61. The van der Waals surface area contributed by atoms with Crippen LogP contribution in [0.4, 0.5) is 0 Å². The van der Waals surface area contributed by atoms with Gasteiger partial charge >= 0.3 is 0 Å². The average Bonchev–Trinajstić information content (AvgIpc) is 2.28. The van der Waals surface area contributed by atoms with E-state index in [9.17, 15) is 5.11 Å². The summed E-state index contributed by atoms with van der Waals surface area (Å²) in [6.45, 7) is -5.51. The Labute approximate surface area is 75.9 Å². The van der Waals surface area contributed by atoms with Crippen molar-refractivity contribution in [3.05, 3.63) is 24.0 Å². The quantitative estimate of drug-likeness (QED) is 0.662. The number of aromatic hydroxyl groups is 1. The van der Waals surface area contributed by atoms with E-state index in [0.717, 1.165) is 0 Å². The minimum Gasteiger partial charge on any atom is -0.506 e. The molecule has 2 rings (SSSR count). The highest BCUT2D eigenvalue weighted by Gasteiger charge is 2.21. The minimum atomic E-state index is -2.75. The van der Waals surface area contributed by atoms with Crippen LogP contribution in [-0.2, 0) is 4.74 Å². The van der Waals surface area contributed by atoms with Gasteiger partial charge in [-0.05, 0) is 12.1 Å². The van der Waals surface area contributed by atoms with Crippen LogP contribution in [0.5, 0.6) is 5.75 Å². The van der Waals surface area contributed by atoms with Crippen LogP contribution < -0.4 is 0 Å². The summed E-state index contributed by atoms with van der Waals surface area (Å²) in [5, 5.41) is 9.29. The van der Waals surface area contributed by atoms with Crippen LogP contribution in [0.25, 0.3) is 0 Å². The van der Waals surface area contributed by atoms with Crippen LogP contribution in [0.2, 0.25) is 0 Å². The maximum absolute atomic E-state index is 9.29. The summed E-state index contributed by atoms with van der Waals surface area (Å²) in [4.78, 5) is 3.38. The molecule has 0 aromatic carbocycles. The van der Waals surface area contributed by atoms with E-state index < -0.39 is 48.7 Å². The van der Waals surface area contributed by atoms with E-state index in [1.54, 1.807) is 0 Å². The van der Waals surface area contributed by atoms with Crippen molar-refractivity contribution in [1.82, 2.24) is 4.98 Å². The van der Waals surface area contributed by atoms with Crippen molar-refractivity contribution in [3.8, 4) is 5.75 Å². The molecule has 0 saturated carbocycles. The molecule has 0 bridgehead atoms. The molecule has 1 fully saturated rings. The maximum atomic E-state index is 9.29. The van der Waals surface area contributed by atoms with Gasteiger partial charge in [0.25, 0.3) is 0 Å². The monoisotopic (exact) mass is 159 g/mol. The Morgan fingerprint density at radius 1 is 1.82 bits per heavy atom. The lowest BCUT2D eigenvalue weighted by Crippen LogP contribution is -2.25. The molecule has 1 saturated heterocycles. The fraction of sp³-hybridized carbons (Fsp3) is 0.375. The molecule has 1 N–H and O–H groups in total. The first kappa shape index (κ1) is 2.20. The highest BCUT2D eigenvalue weighted by molar-refractivity contribution is 5.21. The molecule has 0 amide bonds. The molecule has 1 aromatic heterocycles. The standard InChI is InChI=1S/C8H9NO2/c10-7-1-2-8(9-3-7)6-4-11-5-6/h1-3,6,10H,4-5H2/i1D,2D,3D,4D2,5D2,6D. The molecule has 0 aliphatic carbocycles. The lowest BCUT2D eigenvalue weighted by molar-refractivity contribution is 0.00668. The van der Waals surface area contributed by atoms with Crippen molar-refractivity contribution in [2.24, 2.45) is 0 Å². The molecule has 0 spiro atoms.